The normalized spacial score (nSPS) is 16.7. The number of hydrogen-bond acceptors (Lipinski definition) is 7. The minimum Gasteiger partial charge on any atom is -0.482 e. The summed E-state index contributed by atoms with van der Waals surface area (Å²) in [5.74, 6) is 0.382. The molecule has 2 amide bonds. The average molecular weight is 409 g/mol. The molecule has 29 heavy (non-hydrogen) atoms. The van der Waals surface area contributed by atoms with Gasteiger partial charge in [0, 0.05) is 32.4 Å². The number of nitrogens with zero attached hydrogens (tertiary/aromatic N) is 5. The smallest absolute Gasteiger partial charge is 0.265 e. The number of hydrogen-bond donors (Lipinski definition) is 0. The number of piperazine rings is 1. The highest BCUT2D eigenvalue weighted by Crippen LogP contribution is 2.31. The Morgan fingerprint density at radius 3 is 2.76 bits per heavy atom. The zero-order valence-electron chi connectivity index (χ0n) is 15.7. The van der Waals surface area contributed by atoms with Crippen LogP contribution < -0.4 is 14.5 Å². The monoisotopic (exact) mass is 409 g/mol. The molecule has 1 saturated heterocycles. The number of pyridine rings is 1. The molecule has 0 bridgehead atoms. The average Bonchev–Trinajstić information content (AvgIpc) is 3.20. The van der Waals surface area contributed by atoms with Crippen LogP contribution in [0.1, 0.15) is 0 Å². The van der Waals surface area contributed by atoms with Crippen molar-refractivity contribution in [2.45, 2.75) is 0 Å². The van der Waals surface area contributed by atoms with Crippen LogP contribution in [0.5, 0.6) is 5.75 Å². The third kappa shape index (κ3) is 3.38. The number of carbonyl (C=O) groups is 2. The van der Waals surface area contributed by atoms with E-state index in [-0.39, 0.29) is 25.0 Å². The minimum atomic E-state index is -0.197. The molecule has 0 atom stereocenters. The van der Waals surface area contributed by atoms with Crippen molar-refractivity contribution in [2.24, 2.45) is 0 Å². The SMILES string of the molecule is O=C(CN1C(=O)COc2ccccc21)N1CCN(c2nc3cccnc3s2)CC1. The third-order valence-electron chi connectivity index (χ3n) is 5.16. The summed E-state index contributed by atoms with van der Waals surface area (Å²) in [6.45, 7) is 2.61. The van der Waals surface area contributed by atoms with E-state index in [0.717, 1.165) is 15.5 Å². The Morgan fingerprint density at radius 2 is 1.93 bits per heavy atom. The highest BCUT2D eigenvalue weighted by Gasteiger charge is 2.30. The Bertz CT molecular complexity index is 1040. The molecule has 2 aliphatic rings. The van der Waals surface area contributed by atoms with Crippen LogP contribution in [0.25, 0.3) is 10.3 Å². The molecule has 3 aromatic rings. The summed E-state index contributed by atoms with van der Waals surface area (Å²) in [7, 11) is 0. The summed E-state index contributed by atoms with van der Waals surface area (Å²) in [4.78, 5) is 40.6. The van der Waals surface area contributed by atoms with Gasteiger partial charge in [-0.1, -0.05) is 23.5 Å². The molecule has 4 heterocycles. The van der Waals surface area contributed by atoms with E-state index in [4.69, 9.17) is 4.74 Å². The highest BCUT2D eigenvalue weighted by molar-refractivity contribution is 7.21. The molecule has 0 spiro atoms. The molecule has 0 aliphatic carbocycles. The Morgan fingerprint density at radius 1 is 1.10 bits per heavy atom. The lowest BCUT2D eigenvalue weighted by Gasteiger charge is -2.36. The lowest BCUT2D eigenvalue weighted by atomic mass is 10.2. The van der Waals surface area contributed by atoms with Gasteiger partial charge in [-0.05, 0) is 24.3 Å². The van der Waals surface area contributed by atoms with Crippen molar-refractivity contribution in [3.63, 3.8) is 0 Å². The van der Waals surface area contributed by atoms with Crippen LogP contribution >= 0.6 is 11.3 Å². The Hall–Kier alpha value is -3.20. The quantitative estimate of drug-likeness (QED) is 0.656. The molecule has 148 valence electrons. The molecule has 0 N–H and O–H groups in total. The summed E-state index contributed by atoms with van der Waals surface area (Å²) >= 11 is 1.57. The van der Waals surface area contributed by atoms with Crippen molar-refractivity contribution >= 4 is 44.3 Å². The predicted molar refractivity (Wildman–Crippen MR) is 110 cm³/mol. The van der Waals surface area contributed by atoms with Crippen molar-refractivity contribution in [1.82, 2.24) is 14.9 Å². The number of ether oxygens (including phenoxy) is 1. The van der Waals surface area contributed by atoms with Gasteiger partial charge in [0.2, 0.25) is 5.91 Å². The van der Waals surface area contributed by atoms with Crippen LogP contribution in [0.3, 0.4) is 0 Å². The Kier molecular flexibility index (Phi) is 4.51. The number of fused-ring (bicyclic) bond motifs is 2. The fourth-order valence-corrected chi connectivity index (χ4v) is 4.56. The topological polar surface area (TPSA) is 78.9 Å². The lowest BCUT2D eigenvalue weighted by molar-refractivity contribution is -0.132. The molecule has 0 unspecified atom stereocenters. The van der Waals surface area contributed by atoms with Crippen LogP contribution in [0.15, 0.2) is 42.6 Å². The number of anilines is 2. The lowest BCUT2D eigenvalue weighted by Crippen LogP contribution is -2.52. The molecule has 2 aromatic heterocycles. The van der Waals surface area contributed by atoms with Crippen LogP contribution in [0, 0.1) is 0 Å². The van der Waals surface area contributed by atoms with Crippen LogP contribution in [-0.2, 0) is 9.59 Å². The maximum absolute atomic E-state index is 12.9. The fraction of sp³-hybridized carbons (Fsp3) is 0.300. The minimum absolute atomic E-state index is 0.0320. The van der Waals surface area contributed by atoms with Gasteiger partial charge < -0.3 is 14.5 Å². The van der Waals surface area contributed by atoms with Gasteiger partial charge in [-0.2, -0.15) is 0 Å². The molecule has 1 fully saturated rings. The van der Waals surface area contributed by atoms with Crippen LogP contribution in [0.2, 0.25) is 0 Å². The second-order valence-corrected chi connectivity index (χ2v) is 7.88. The van der Waals surface area contributed by atoms with Gasteiger partial charge >= 0.3 is 0 Å². The van der Waals surface area contributed by atoms with Gasteiger partial charge in [-0.15, -0.1) is 0 Å². The molecule has 2 aliphatic heterocycles. The number of amides is 2. The van der Waals surface area contributed by atoms with Gasteiger partial charge in [0.05, 0.1) is 5.69 Å². The maximum Gasteiger partial charge on any atom is 0.265 e. The maximum atomic E-state index is 12.9. The summed E-state index contributed by atoms with van der Waals surface area (Å²) in [5, 5.41) is 0.933. The zero-order valence-corrected chi connectivity index (χ0v) is 16.5. The molecular formula is C20H19N5O3S. The Labute approximate surface area is 171 Å². The highest BCUT2D eigenvalue weighted by atomic mass is 32.1. The van der Waals surface area contributed by atoms with Gasteiger partial charge in [0.25, 0.3) is 5.91 Å². The molecule has 5 rings (SSSR count). The van der Waals surface area contributed by atoms with E-state index in [1.165, 1.54) is 4.90 Å². The molecule has 8 nitrogen and oxygen atoms in total. The van der Waals surface area contributed by atoms with Gasteiger partial charge in [-0.3, -0.25) is 14.5 Å². The molecule has 9 heteroatoms. The molecular weight excluding hydrogens is 390 g/mol. The second kappa shape index (κ2) is 7.32. The summed E-state index contributed by atoms with van der Waals surface area (Å²) < 4.78 is 5.45. The predicted octanol–water partition coefficient (Wildman–Crippen LogP) is 1.77. The number of carbonyl (C=O) groups excluding carboxylic acids is 2. The number of aromatic nitrogens is 2. The van der Waals surface area contributed by atoms with Crippen molar-refractivity contribution in [3.05, 3.63) is 42.6 Å². The van der Waals surface area contributed by atoms with E-state index in [2.05, 4.69) is 14.9 Å². The summed E-state index contributed by atoms with van der Waals surface area (Å²) in [6, 6.07) is 11.1. The van der Waals surface area contributed by atoms with Crippen molar-refractivity contribution in [1.29, 1.82) is 0 Å². The first-order valence-electron chi connectivity index (χ1n) is 9.45. The van der Waals surface area contributed by atoms with E-state index >= 15 is 0 Å². The van der Waals surface area contributed by atoms with Crippen LogP contribution in [0.4, 0.5) is 10.8 Å². The molecule has 0 saturated carbocycles. The number of rotatable bonds is 3. The Balaban J connectivity index is 1.24. The first kappa shape index (κ1) is 17.9. The van der Waals surface area contributed by atoms with E-state index in [1.807, 2.05) is 35.2 Å². The largest absolute Gasteiger partial charge is 0.482 e. The van der Waals surface area contributed by atoms with Gasteiger partial charge in [-0.25, -0.2) is 9.97 Å². The molecule has 1 aromatic carbocycles. The summed E-state index contributed by atoms with van der Waals surface area (Å²) in [5.41, 5.74) is 1.55. The number of thiazole rings is 1. The standard InChI is InChI=1S/C20H19N5O3S/c26-17(12-25-15-5-1-2-6-16(15)28-13-18(25)27)23-8-10-24(11-9-23)20-22-14-4-3-7-21-19(14)29-20/h1-7H,8-13H2. The number of benzene rings is 1. The van der Waals surface area contributed by atoms with E-state index in [9.17, 15) is 9.59 Å². The number of para-hydroxylation sites is 2. The molecule has 0 radical (unpaired) electrons. The van der Waals surface area contributed by atoms with Gasteiger partial charge in [0.1, 0.15) is 22.6 Å². The third-order valence-corrected chi connectivity index (χ3v) is 6.20. The van der Waals surface area contributed by atoms with Crippen molar-refractivity contribution < 1.29 is 14.3 Å². The summed E-state index contributed by atoms with van der Waals surface area (Å²) in [6.07, 6.45) is 1.77. The van der Waals surface area contributed by atoms with E-state index in [0.29, 0.717) is 37.6 Å². The second-order valence-electron chi connectivity index (χ2n) is 6.93. The zero-order chi connectivity index (χ0) is 19.8. The van der Waals surface area contributed by atoms with Crippen molar-refractivity contribution in [2.75, 3.05) is 49.1 Å². The fourth-order valence-electron chi connectivity index (χ4n) is 3.60. The van der Waals surface area contributed by atoms with E-state index < -0.39 is 0 Å². The first-order valence-corrected chi connectivity index (χ1v) is 10.3. The van der Waals surface area contributed by atoms with E-state index in [1.54, 1.807) is 23.6 Å². The van der Waals surface area contributed by atoms with Gasteiger partial charge in [0.15, 0.2) is 11.7 Å². The van der Waals surface area contributed by atoms with Crippen molar-refractivity contribution in [3.8, 4) is 5.75 Å². The first-order chi connectivity index (χ1) is 14.2. The van der Waals surface area contributed by atoms with Crippen LogP contribution in [-0.4, -0.2) is 66.0 Å².